The molecule has 9 heteroatoms. The smallest absolute Gasteiger partial charge is 0.368 e. The lowest BCUT2D eigenvalue weighted by Crippen LogP contribution is -2.27. The highest BCUT2D eigenvalue weighted by molar-refractivity contribution is 7.14. The molecule has 0 radical (unpaired) electrons. The molecule has 1 fully saturated rings. The lowest BCUT2D eigenvalue weighted by Gasteiger charge is -2.16. The lowest BCUT2D eigenvalue weighted by atomic mass is 10.1. The Labute approximate surface area is 163 Å². The molecule has 2 aromatic rings. The lowest BCUT2D eigenvalue weighted by molar-refractivity contribution is -0.137. The van der Waals surface area contributed by atoms with Crippen LogP contribution in [-0.4, -0.2) is 24.5 Å². The molecule has 5 nitrogen and oxygen atoms in total. The van der Waals surface area contributed by atoms with E-state index >= 15 is 0 Å². The molecule has 3 rings (SSSR count). The van der Waals surface area contributed by atoms with E-state index in [2.05, 4.69) is 10.6 Å². The number of carbonyl (C=O) groups excluding carboxylic acids is 2. The van der Waals surface area contributed by atoms with E-state index in [1.54, 1.807) is 6.07 Å². The Morgan fingerprint density at radius 2 is 1.93 bits per heavy atom. The van der Waals surface area contributed by atoms with Crippen LogP contribution in [0.3, 0.4) is 0 Å². The van der Waals surface area contributed by atoms with Crippen molar-refractivity contribution in [2.75, 3.05) is 17.2 Å². The molecular formula is C19H19F3N2O3S. The molecular weight excluding hydrogens is 393 g/mol. The number of nitrogens with one attached hydrogen (secondary N) is 2. The molecule has 0 aliphatic carbocycles. The summed E-state index contributed by atoms with van der Waals surface area (Å²) in [6.07, 6.45) is -4.09. The highest BCUT2D eigenvalue weighted by Crippen LogP contribution is 2.37. The van der Waals surface area contributed by atoms with Crippen molar-refractivity contribution in [2.24, 2.45) is 0 Å². The Balaban J connectivity index is 1.82. The minimum Gasteiger partial charge on any atom is -0.368 e. The topological polar surface area (TPSA) is 67.4 Å². The number of anilines is 2. The number of carbonyl (C=O) groups is 2. The van der Waals surface area contributed by atoms with Crippen molar-refractivity contribution in [3.8, 4) is 0 Å². The van der Waals surface area contributed by atoms with Crippen molar-refractivity contribution >= 4 is 34.5 Å². The summed E-state index contributed by atoms with van der Waals surface area (Å²) in [7, 11) is 0. The number of hydrogen-bond acceptors (Lipinski definition) is 4. The van der Waals surface area contributed by atoms with Crippen molar-refractivity contribution in [1.29, 1.82) is 0 Å². The molecule has 1 aromatic heterocycles. The standard InChI is InChI=1S/C19H19F3N2O3S/c1-10-8-16(28-11(10)2)18(26)24-14-6-5-12(9-13(14)19(20,21)22)23-17(25)15-4-3-7-27-15/h5-6,8-9,15H,3-4,7H2,1-2H3,(H,23,25)(H,24,26). The Morgan fingerprint density at radius 3 is 2.50 bits per heavy atom. The second-order valence-corrected chi connectivity index (χ2v) is 7.81. The number of benzene rings is 1. The number of alkyl halides is 3. The maximum atomic E-state index is 13.5. The van der Waals surface area contributed by atoms with Gasteiger partial charge in [0.05, 0.1) is 16.1 Å². The van der Waals surface area contributed by atoms with Crippen molar-refractivity contribution in [3.63, 3.8) is 0 Å². The molecule has 1 aromatic carbocycles. The summed E-state index contributed by atoms with van der Waals surface area (Å²) < 4.78 is 45.7. The van der Waals surface area contributed by atoms with E-state index in [1.807, 2.05) is 13.8 Å². The van der Waals surface area contributed by atoms with Crippen LogP contribution in [0.2, 0.25) is 0 Å². The van der Waals surface area contributed by atoms with Gasteiger partial charge in [-0.25, -0.2) is 0 Å². The van der Waals surface area contributed by atoms with Gasteiger partial charge in [0, 0.05) is 17.2 Å². The van der Waals surface area contributed by atoms with Crippen molar-refractivity contribution < 1.29 is 27.5 Å². The molecule has 0 bridgehead atoms. The van der Waals surface area contributed by atoms with Gasteiger partial charge in [-0.2, -0.15) is 13.2 Å². The third kappa shape index (κ3) is 4.53. The van der Waals surface area contributed by atoms with Crippen LogP contribution in [0.15, 0.2) is 24.3 Å². The molecule has 150 valence electrons. The Hall–Kier alpha value is -2.39. The Kier molecular flexibility index (Phi) is 5.76. The fourth-order valence-corrected chi connectivity index (χ4v) is 3.77. The average Bonchev–Trinajstić information content (AvgIpc) is 3.26. The number of halogens is 3. The number of rotatable bonds is 4. The van der Waals surface area contributed by atoms with Crippen molar-refractivity contribution in [2.45, 2.75) is 39.0 Å². The molecule has 1 unspecified atom stereocenters. The second-order valence-electron chi connectivity index (χ2n) is 6.55. The molecule has 0 saturated carbocycles. The molecule has 2 N–H and O–H groups in total. The monoisotopic (exact) mass is 412 g/mol. The zero-order chi connectivity index (χ0) is 20.5. The molecule has 1 aliphatic rings. The predicted octanol–water partition coefficient (Wildman–Crippen LogP) is 4.75. The van der Waals surface area contributed by atoms with Crippen molar-refractivity contribution in [3.05, 3.63) is 45.1 Å². The number of amides is 2. The van der Waals surface area contributed by atoms with E-state index in [0.29, 0.717) is 17.9 Å². The minimum absolute atomic E-state index is 0.00589. The summed E-state index contributed by atoms with van der Waals surface area (Å²) in [5.41, 5.74) is -0.501. The van der Waals surface area contributed by atoms with Gasteiger partial charge in [-0.1, -0.05) is 0 Å². The highest BCUT2D eigenvalue weighted by atomic mass is 32.1. The molecule has 1 atom stereocenters. The van der Waals surface area contributed by atoms with Crippen LogP contribution in [-0.2, 0) is 15.7 Å². The average molecular weight is 412 g/mol. The minimum atomic E-state index is -4.70. The number of hydrogen-bond donors (Lipinski definition) is 2. The van der Waals surface area contributed by atoms with E-state index in [9.17, 15) is 22.8 Å². The van der Waals surface area contributed by atoms with Gasteiger partial charge in [-0.05, 0) is 56.5 Å². The van der Waals surface area contributed by atoms with E-state index in [0.717, 1.165) is 29.0 Å². The summed E-state index contributed by atoms with van der Waals surface area (Å²) in [5.74, 6) is -1.09. The first-order valence-electron chi connectivity index (χ1n) is 8.67. The van der Waals surface area contributed by atoms with E-state index in [1.165, 1.54) is 17.4 Å². The van der Waals surface area contributed by atoms with Crippen LogP contribution in [0.1, 0.15) is 38.5 Å². The van der Waals surface area contributed by atoms with Gasteiger partial charge in [-0.15, -0.1) is 11.3 Å². The van der Waals surface area contributed by atoms with E-state index in [-0.39, 0.29) is 11.4 Å². The summed E-state index contributed by atoms with van der Waals surface area (Å²) in [6, 6.07) is 4.91. The Bertz CT molecular complexity index is 883. The Morgan fingerprint density at radius 1 is 1.18 bits per heavy atom. The maximum Gasteiger partial charge on any atom is 0.418 e. The van der Waals surface area contributed by atoms with E-state index < -0.39 is 29.7 Å². The van der Waals surface area contributed by atoms with Crippen LogP contribution in [0.5, 0.6) is 0 Å². The fraction of sp³-hybridized carbons (Fsp3) is 0.368. The number of aryl methyl sites for hydroxylation is 2. The van der Waals surface area contributed by atoms with Gasteiger partial charge < -0.3 is 15.4 Å². The van der Waals surface area contributed by atoms with Gasteiger partial charge in [-0.3, -0.25) is 9.59 Å². The summed E-state index contributed by atoms with van der Waals surface area (Å²) in [5, 5.41) is 4.77. The van der Waals surface area contributed by atoms with Gasteiger partial charge >= 0.3 is 6.18 Å². The quantitative estimate of drug-likeness (QED) is 0.761. The van der Waals surface area contributed by atoms with Crippen LogP contribution in [0.4, 0.5) is 24.5 Å². The zero-order valence-electron chi connectivity index (χ0n) is 15.3. The second kappa shape index (κ2) is 7.92. The van der Waals surface area contributed by atoms with Crippen LogP contribution >= 0.6 is 11.3 Å². The molecule has 1 aliphatic heterocycles. The third-order valence-electron chi connectivity index (χ3n) is 4.45. The molecule has 28 heavy (non-hydrogen) atoms. The first kappa shape index (κ1) is 20.3. The highest BCUT2D eigenvalue weighted by Gasteiger charge is 2.35. The normalized spacial score (nSPS) is 16.8. The predicted molar refractivity (Wildman–Crippen MR) is 101 cm³/mol. The summed E-state index contributed by atoms with van der Waals surface area (Å²) in [4.78, 5) is 25.7. The van der Waals surface area contributed by atoms with Crippen LogP contribution < -0.4 is 10.6 Å². The fourth-order valence-electron chi connectivity index (χ4n) is 2.84. The van der Waals surface area contributed by atoms with Crippen LogP contribution in [0, 0.1) is 13.8 Å². The van der Waals surface area contributed by atoms with Gasteiger partial charge in [0.25, 0.3) is 11.8 Å². The molecule has 2 heterocycles. The summed E-state index contributed by atoms with van der Waals surface area (Å²) >= 11 is 1.22. The number of ether oxygens (including phenoxy) is 1. The first-order chi connectivity index (χ1) is 13.1. The third-order valence-corrected chi connectivity index (χ3v) is 5.60. The summed E-state index contributed by atoms with van der Waals surface area (Å²) in [6.45, 7) is 4.12. The van der Waals surface area contributed by atoms with Crippen molar-refractivity contribution in [1.82, 2.24) is 0 Å². The molecule has 2 amide bonds. The van der Waals surface area contributed by atoms with Gasteiger partial charge in [0.15, 0.2) is 0 Å². The SMILES string of the molecule is Cc1cc(C(=O)Nc2ccc(NC(=O)C3CCCO3)cc2C(F)(F)F)sc1C. The molecule has 0 spiro atoms. The zero-order valence-corrected chi connectivity index (χ0v) is 16.1. The first-order valence-corrected chi connectivity index (χ1v) is 9.49. The molecule has 1 saturated heterocycles. The van der Waals surface area contributed by atoms with E-state index in [4.69, 9.17) is 4.74 Å². The van der Waals surface area contributed by atoms with Gasteiger partial charge in [0.1, 0.15) is 6.10 Å². The van der Waals surface area contributed by atoms with Crippen LogP contribution in [0.25, 0.3) is 0 Å². The van der Waals surface area contributed by atoms with Gasteiger partial charge in [0.2, 0.25) is 0 Å². The number of thiophene rings is 1. The maximum absolute atomic E-state index is 13.5. The largest absolute Gasteiger partial charge is 0.418 e.